The molecule has 1 aromatic carbocycles. The third-order valence-electron chi connectivity index (χ3n) is 2.16. The van der Waals surface area contributed by atoms with E-state index in [0.29, 0.717) is 6.54 Å². The summed E-state index contributed by atoms with van der Waals surface area (Å²) in [5.41, 5.74) is 1.04. The minimum Gasteiger partial charge on any atom is -0.453 e. The molecule has 3 nitrogen and oxygen atoms in total. The van der Waals surface area contributed by atoms with Crippen molar-refractivity contribution in [3.05, 3.63) is 34.9 Å². The molecule has 1 rings (SSSR count). The van der Waals surface area contributed by atoms with Crippen molar-refractivity contribution in [2.75, 3.05) is 20.7 Å². The molecule has 0 unspecified atom stereocenters. The van der Waals surface area contributed by atoms with Crippen LogP contribution in [0, 0.1) is 0 Å². The van der Waals surface area contributed by atoms with Crippen LogP contribution < -0.4 is 0 Å². The van der Waals surface area contributed by atoms with Gasteiger partial charge < -0.3 is 9.64 Å². The number of hydrogen-bond acceptors (Lipinski definition) is 2. The molecule has 1 aromatic rings. The van der Waals surface area contributed by atoms with Crippen LogP contribution in [0.15, 0.2) is 24.3 Å². The second-order valence-electron chi connectivity index (χ2n) is 3.23. The van der Waals surface area contributed by atoms with E-state index in [4.69, 9.17) is 11.6 Å². The smallest absolute Gasteiger partial charge is 0.409 e. The Morgan fingerprint density at radius 3 is 2.73 bits per heavy atom. The second-order valence-corrected chi connectivity index (χ2v) is 3.64. The van der Waals surface area contributed by atoms with Crippen molar-refractivity contribution in [3.8, 4) is 0 Å². The molecule has 0 aliphatic carbocycles. The first-order chi connectivity index (χ1) is 7.15. The van der Waals surface area contributed by atoms with Crippen LogP contribution in [0.3, 0.4) is 0 Å². The van der Waals surface area contributed by atoms with Crippen molar-refractivity contribution in [1.29, 1.82) is 0 Å². The molecular formula is C11H14ClNO2. The maximum absolute atomic E-state index is 11.1. The Morgan fingerprint density at radius 1 is 1.47 bits per heavy atom. The number of ether oxygens (including phenoxy) is 1. The molecule has 0 spiro atoms. The average Bonchev–Trinajstić information content (AvgIpc) is 2.26. The maximum atomic E-state index is 11.1. The van der Waals surface area contributed by atoms with Gasteiger partial charge in [-0.2, -0.15) is 0 Å². The largest absolute Gasteiger partial charge is 0.453 e. The van der Waals surface area contributed by atoms with E-state index in [-0.39, 0.29) is 6.09 Å². The van der Waals surface area contributed by atoms with Crippen molar-refractivity contribution in [2.45, 2.75) is 6.42 Å². The van der Waals surface area contributed by atoms with Gasteiger partial charge in [0, 0.05) is 18.6 Å². The Morgan fingerprint density at radius 2 is 2.13 bits per heavy atom. The lowest BCUT2D eigenvalue weighted by molar-refractivity contribution is 0.134. The van der Waals surface area contributed by atoms with E-state index in [0.717, 1.165) is 17.0 Å². The minimum atomic E-state index is -0.331. The zero-order valence-electron chi connectivity index (χ0n) is 8.87. The van der Waals surface area contributed by atoms with Gasteiger partial charge in [0.1, 0.15) is 0 Å². The van der Waals surface area contributed by atoms with Crippen LogP contribution in [0.2, 0.25) is 5.02 Å². The number of halogens is 1. The van der Waals surface area contributed by atoms with E-state index in [1.165, 1.54) is 12.0 Å². The average molecular weight is 228 g/mol. The topological polar surface area (TPSA) is 29.5 Å². The normalized spacial score (nSPS) is 9.80. The first-order valence-corrected chi connectivity index (χ1v) is 5.05. The summed E-state index contributed by atoms with van der Waals surface area (Å²) in [6.45, 7) is 0.594. The molecule has 0 heterocycles. The molecule has 0 radical (unpaired) electrons. The van der Waals surface area contributed by atoms with Crippen LogP contribution >= 0.6 is 11.6 Å². The Labute approximate surface area is 94.6 Å². The van der Waals surface area contributed by atoms with Gasteiger partial charge in [-0.1, -0.05) is 29.8 Å². The lowest BCUT2D eigenvalue weighted by Crippen LogP contribution is -2.28. The summed E-state index contributed by atoms with van der Waals surface area (Å²) in [6.07, 6.45) is 0.396. The van der Waals surface area contributed by atoms with Gasteiger partial charge in [-0.3, -0.25) is 0 Å². The lowest BCUT2D eigenvalue weighted by atomic mass is 10.1. The highest BCUT2D eigenvalue weighted by molar-refractivity contribution is 6.31. The fourth-order valence-electron chi connectivity index (χ4n) is 1.24. The number of nitrogens with zero attached hydrogens (tertiary/aromatic N) is 1. The highest BCUT2D eigenvalue weighted by Crippen LogP contribution is 2.15. The quantitative estimate of drug-likeness (QED) is 0.795. The fourth-order valence-corrected chi connectivity index (χ4v) is 1.47. The van der Waals surface area contributed by atoms with Gasteiger partial charge in [-0.25, -0.2) is 4.79 Å². The van der Waals surface area contributed by atoms with Crippen LogP contribution in [0.4, 0.5) is 4.79 Å². The molecule has 1 amide bonds. The van der Waals surface area contributed by atoms with Crippen LogP contribution in [0.5, 0.6) is 0 Å². The van der Waals surface area contributed by atoms with Gasteiger partial charge in [0.25, 0.3) is 0 Å². The Balaban J connectivity index is 2.50. The van der Waals surface area contributed by atoms with Gasteiger partial charge in [-0.15, -0.1) is 0 Å². The van der Waals surface area contributed by atoms with Gasteiger partial charge >= 0.3 is 6.09 Å². The van der Waals surface area contributed by atoms with Crippen molar-refractivity contribution < 1.29 is 9.53 Å². The molecule has 0 fully saturated rings. The van der Waals surface area contributed by atoms with Crippen LogP contribution in [-0.4, -0.2) is 31.7 Å². The number of likely N-dealkylation sites (N-methyl/N-ethyl adjacent to an activating group) is 1. The number of carbonyl (C=O) groups is 1. The predicted molar refractivity (Wildman–Crippen MR) is 60.2 cm³/mol. The van der Waals surface area contributed by atoms with E-state index in [1.54, 1.807) is 7.05 Å². The van der Waals surface area contributed by atoms with Crippen molar-refractivity contribution in [3.63, 3.8) is 0 Å². The number of carbonyl (C=O) groups excluding carboxylic acids is 1. The molecule has 0 bridgehead atoms. The predicted octanol–water partition coefficient (Wildman–Crippen LogP) is 2.58. The van der Waals surface area contributed by atoms with Crippen molar-refractivity contribution >= 4 is 17.7 Å². The summed E-state index contributed by atoms with van der Waals surface area (Å²) < 4.78 is 4.58. The van der Waals surface area contributed by atoms with E-state index >= 15 is 0 Å². The molecule has 0 aliphatic heterocycles. The molecule has 0 aliphatic rings. The van der Waals surface area contributed by atoms with E-state index in [1.807, 2.05) is 24.3 Å². The van der Waals surface area contributed by atoms with Gasteiger partial charge in [0.05, 0.1) is 7.11 Å². The summed E-state index contributed by atoms with van der Waals surface area (Å²) in [5, 5.41) is 0.732. The number of benzene rings is 1. The van der Waals surface area contributed by atoms with Gasteiger partial charge in [0.15, 0.2) is 0 Å². The maximum Gasteiger partial charge on any atom is 0.409 e. The van der Waals surface area contributed by atoms with Gasteiger partial charge in [-0.05, 0) is 18.1 Å². The second kappa shape index (κ2) is 5.61. The molecule has 82 valence electrons. The molecule has 0 atom stereocenters. The summed E-state index contributed by atoms with van der Waals surface area (Å²) >= 11 is 5.99. The third kappa shape index (κ3) is 3.44. The monoisotopic (exact) mass is 227 g/mol. The third-order valence-corrected chi connectivity index (χ3v) is 2.53. The Hall–Kier alpha value is -1.22. The summed E-state index contributed by atoms with van der Waals surface area (Å²) in [4.78, 5) is 12.6. The summed E-state index contributed by atoms with van der Waals surface area (Å²) in [5.74, 6) is 0. The summed E-state index contributed by atoms with van der Waals surface area (Å²) in [6, 6.07) is 7.61. The highest BCUT2D eigenvalue weighted by Gasteiger charge is 2.08. The standard InChI is InChI=1S/C11H14ClNO2/c1-13(11(14)15-2)8-7-9-5-3-4-6-10(9)12/h3-6H,7-8H2,1-2H3. The minimum absolute atomic E-state index is 0.331. The highest BCUT2D eigenvalue weighted by atomic mass is 35.5. The number of rotatable bonds is 3. The summed E-state index contributed by atoms with van der Waals surface area (Å²) in [7, 11) is 3.07. The molecule has 0 saturated heterocycles. The Bertz CT molecular complexity index is 341. The van der Waals surface area contributed by atoms with E-state index in [2.05, 4.69) is 4.74 Å². The molecule has 0 aromatic heterocycles. The molecule has 15 heavy (non-hydrogen) atoms. The van der Waals surface area contributed by atoms with Crippen LogP contribution in [0.1, 0.15) is 5.56 Å². The number of methoxy groups -OCH3 is 1. The van der Waals surface area contributed by atoms with Crippen molar-refractivity contribution in [1.82, 2.24) is 4.90 Å². The van der Waals surface area contributed by atoms with Crippen molar-refractivity contribution in [2.24, 2.45) is 0 Å². The first kappa shape index (κ1) is 11.9. The van der Waals surface area contributed by atoms with E-state index < -0.39 is 0 Å². The van der Waals surface area contributed by atoms with Gasteiger partial charge in [0.2, 0.25) is 0 Å². The van der Waals surface area contributed by atoms with Crippen LogP contribution in [0.25, 0.3) is 0 Å². The zero-order valence-corrected chi connectivity index (χ0v) is 9.62. The molecular weight excluding hydrogens is 214 g/mol. The number of amides is 1. The SMILES string of the molecule is COC(=O)N(C)CCc1ccccc1Cl. The van der Waals surface area contributed by atoms with E-state index in [9.17, 15) is 4.79 Å². The van der Waals surface area contributed by atoms with Crippen LogP contribution in [-0.2, 0) is 11.2 Å². The Kier molecular flexibility index (Phi) is 4.43. The molecule has 0 saturated carbocycles. The zero-order chi connectivity index (χ0) is 11.3. The first-order valence-electron chi connectivity index (χ1n) is 4.67. The molecule has 4 heteroatoms. The molecule has 0 N–H and O–H groups in total. The lowest BCUT2D eigenvalue weighted by Gasteiger charge is -2.15. The fraction of sp³-hybridized carbons (Fsp3) is 0.364. The number of hydrogen-bond donors (Lipinski definition) is 0.